The van der Waals surface area contributed by atoms with Gasteiger partial charge in [0, 0.05) is 18.7 Å². The summed E-state index contributed by atoms with van der Waals surface area (Å²) in [5.41, 5.74) is 0.301. The predicted octanol–water partition coefficient (Wildman–Crippen LogP) is 3.14. The summed E-state index contributed by atoms with van der Waals surface area (Å²) < 4.78 is 49.8. The van der Waals surface area contributed by atoms with E-state index in [2.05, 4.69) is 15.6 Å². The van der Waals surface area contributed by atoms with Gasteiger partial charge in [-0.3, -0.25) is 4.79 Å². The van der Waals surface area contributed by atoms with E-state index in [0.717, 1.165) is 6.20 Å². The smallest absolute Gasteiger partial charge is 0.360 e. The molecule has 1 aromatic heterocycles. The van der Waals surface area contributed by atoms with E-state index in [9.17, 15) is 22.4 Å². The highest BCUT2D eigenvalue weighted by Crippen LogP contribution is 2.34. The van der Waals surface area contributed by atoms with Gasteiger partial charge in [0.2, 0.25) is 0 Å². The number of aromatic nitrogens is 1. The standard InChI is InChI=1S/C13H11F4N3OS/c14-9-3-1-8(2-4-9)11(21)18-5-6-19-12-20-7-10(22-12)13(15,16)17/h1-4,7H,5-6H2,(H,18,21)(H,19,20). The number of carbonyl (C=O) groups excluding carboxylic acids is 1. The molecule has 0 aliphatic carbocycles. The Morgan fingerprint density at radius 3 is 2.45 bits per heavy atom. The van der Waals surface area contributed by atoms with Crippen LogP contribution in [0.5, 0.6) is 0 Å². The van der Waals surface area contributed by atoms with Crippen LogP contribution in [0.4, 0.5) is 22.7 Å². The highest BCUT2D eigenvalue weighted by Gasteiger charge is 2.33. The minimum Gasteiger partial charge on any atom is -0.360 e. The Hall–Kier alpha value is -2.16. The van der Waals surface area contributed by atoms with Crippen molar-refractivity contribution in [3.8, 4) is 0 Å². The molecule has 0 bridgehead atoms. The number of carbonyl (C=O) groups is 1. The Morgan fingerprint density at radius 1 is 1.18 bits per heavy atom. The van der Waals surface area contributed by atoms with Crippen molar-refractivity contribution in [1.82, 2.24) is 10.3 Å². The number of amides is 1. The molecule has 0 atom stereocenters. The average Bonchev–Trinajstić information content (AvgIpc) is 2.93. The molecule has 4 nitrogen and oxygen atoms in total. The third-order valence-electron chi connectivity index (χ3n) is 2.58. The summed E-state index contributed by atoms with van der Waals surface area (Å²) in [5.74, 6) is -0.834. The highest BCUT2D eigenvalue weighted by molar-refractivity contribution is 7.15. The van der Waals surface area contributed by atoms with E-state index < -0.39 is 22.8 Å². The molecule has 1 heterocycles. The summed E-state index contributed by atoms with van der Waals surface area (Å²) in [6, 6.07) is 5.02. The van der Waals surface area contributed by atoms with E-state index in [1.165, 1.54) is 24.3 Å². The topological polar surface area (TPSA) is 54.0 Å². The van der Waals surface area contributed by atoms with E-state index in [-0.39, 0.29) is 18.2 Å². The molecule has 0 radical (unpaired) electrons. The zero-order valence-corrected chi connectivity index (χ0v) is 11.9. The molecular formula is C13H11F4N3OS. The van der Waals surface area contributed by atoms with Crippen molar-refractivity contribution in [2.75, 3.05) is 18.4 Å². The van der Waals surface area contributed by atoms with Crippen LogP contribution in [-0.4, -0.2) is 24.0 Å². The van der Waals surface area contributed by atoms with Gasteiger partial charge in [-0.05, 0) is 24.3 Å². The summed E-state index contributed by atoms with van der Waals surface area (Å²) in [5, 5.41) is 5.37. The van der Waals surface area contributed by atoms with Gasteiger partial charge < -0.3 is 10.6 Å². The van der Waals surface area contributed by atoms with Crippen molar-refractivity contribution < 1.29 is 22.4 Å². The van der Waals surface area contributed by atoms with Crippen LogP contribution >= 0.6 is 11.3 Å². The van der Waals surface area contributed by atoms with E-state index in [1.54, 1.807) is 0 Å². The number of hydrogen-bond donors (Lipinski definition) is 2. The molecule has 22 heavy (non-hydrogen) atoms. The van der Waals surface area contributed by atoms with Gasteiger partial charge in [-0.1, -0.05) is 11.3 Å². The van der Waals surface area contributed by atoms with Gasteiger partial charge in [-0.25, -0.2) is 9.37 Å². The zero-order valence-electron chi connectivity index (χ0n) is 11.1. The summed E-state index contributed by atoms with van der Waals surface area (Å²) in [4.78, 5) is 14.5. The van der Waals surface area contributed by atoms with E-state index >= 15 is 0 Å². The van der Waals surface area contributed by atoms with Crippen LogP contribution in [0.2, 0.25) is 0 Å². The van der Waals surface area contributed by atoms with Gasteiger partial charge in [0.05, 0.1) is 6.20 Å². The summed E-state index contributed by atoms with van der Waals surface area (Å²) in [6.07, 6.45) is -3.65. The molecule has 0 spiro atoms. The first-order valence-corrected chi connectivity index (χ1v) is 6.98. The minimum atomic E-state index is -4.41. The Balaban J connectivity index is 1.76. The van der Waals surface area contributed by atoms with Crippen molar-refractivity contribution in [1.29, 1.82) is 0 Å². The molecule has 2 N–H and O–H groups in total. The zero-order chi connectivity index (χ0) is 16.2. The van der Waals surface area contributed by atoms with E-state index in [1.807, 2.05) is 0 Å². The van der Waals surface area contributed by atoms with Gasteiger partial charge in [0.15, 0.2) is 5.13 Å². The lowest BCUT2D eigenvalue weighted by atomic mass is 10.2. The Morgan fingerprint density at radius 2 is 1.86 bits per heavy atom. The number of thiazole rings is 1. The van der Waals surface area contributed by atoms with Crippen LogP contribution in [0.3, 0.4) is 0 Å². The molecule has 1 aromatic carbocycles. The number of nitrogens with one attached hydrogen (secondary N) is 2. The molecule has 0 saturated heterocycles. The molecule has 2 aromatic rings. The maximum absolute atomic E-state index is 12.7. The molecule has 0 unspecified atom stereocenters. The molecule has 0 saturated carbocycles. The first-order valence-electron chi connectivity index (χ1n) is 6.17. The van der Waals surface area contributed by atoms with Gasteiger partial charge in [0.1, 0.15) is 10.7 Å². The quantitative estimate of drug-likeness (QED) is 0.653. The maximum atomic E-state index is 12.7. The second-order valence-electron chi connectivity index (χ2n) is 4.22. The molecule has 9 heteroatoms. The van der Waals surface area contributed by atoms with Crippen LogP contribution < -0.4 is 10.6 Å². The normalized spacial score (nSPS) is 11.3. The second-order valence-corrected chi connectivity index (χ2v) is 5.25. The highest BCUT2D eigenvalue weighted by atomic mass is 32.1. The Labute approximate surface area is 127 Å². The first kappa shape index (κ1) is 16.2. The van der Waals surface area contributed by atoms with Crippen molar-refractivity contribution in [2.45, 2.75) is 6.18 Å². The van der Waals surface area contributed by atoms with Crippen molar-refractivity contribution in [3.63, 3.8) is 0 Å². The van der Waals surface area contributed by atoms with E-state index in [0.29, 0.717) is 16.9 Å². The fourth-order valence-corrected chi connectivity index (χ4v) is 2.24. The Kier molecular flexibility index (Phi) is 4.96. The molecule has 0 aliphatic rings. The van der Waals surface area contributed by atoms with Gasteiger partial charge in [-0.2, -0.15) is 13.2 Å². The lowest BCUT2D eigenvalue weighted by Gasteiger charge is -2.06. The monoisotopic (exact) mass is 333 g/mol. The van der Waals surface area contributed by atoms with Crippen molar-refractivity contribution in [2.24, 2.45) is 0 Å². The largest absolute Gasteiger partial charge is 0.427 e. The van der Waals surface area contributed by atoms with Crippen LogP contribution in [0.15, 0.2) is 30.5 Å². The average molecular weight is 333 g/mol. The number of alkyl halides is 3. The molecular weight excluding hydrogens is 322 g/mol. The predicted molar refractivity (Wildman–Crippen MR) is 74.3 cm³/mol. The van der Waals surface area contributed by atoms with Crippen LogP contribution in [0.1, 0.15) is 15.2 Å². The number of hydrogen-bond acceptors (Lipinski definition) is 4. The van der Waals surface area contributed by atoms with Crippen molar-refractivity contribution in [3.05, 3.63) is 46.7 Å². The van der Waals surface area contributed by atoms with Crippen LogP contribution in [0.25, 0.3) is 0 Å². The number of benzene rings is 1. The lowest BCUT2D eigenvalue weighted by molar-refractivity contribution is -0.134. The number of anilines is 1. The Bertz CT molecular complexity index is 639. The maximum Gasteiger partial charge on any atom is 0.427 e. The minimum absolute atomic E-state index is 0.128. The summed E-state index contributed by atoms with van der Waals surface area (Å²) >= 11 is 0.495. The first-order chi connectivity index (χ1) is 10.4. The third kappa shape index (κ3) is 4.42. The van der Waals surface area contributed by atoms with Gasteiger partial charge in [-0.15, -0.1) is 0 Å². The van der Waals surface area contributed by atoms with Crippen LogP contribution in [-0.2, 0) is 6.18 Å². The molecule has 1 amide bonds. The lowest BCUT2D eigenvalue weighted by Crippen LogP contribution is -2.28. The van der Waals surface area contributed by atoms with E-state index in [4.69, 9.17) is 0 Å². The summed E-state index contributed by atoms with van der Waals surface area (Å²) in [7, 11) is 0. The third-order valence-corrected chi connectivity index (χ3v) is 3.58. The van der Waals surface area contributed by atoms with Crippen molar-refractivity contribution >= 4 is 22.4 Å². The van der Waals surface area contributed by atoms with Gasteiger partial charge >= 0.3 is 6.18 Å². The molecule has 0 fully saturated rings. The second kappa shape index (κ2) is 6.73. The SMILES string of the molecule is O=C(NCCNc1ncc(C(F)(F)F)s1)c1ccc(F)cc1. The fraction of sp³-hybridized carbons (Fsp3) is 0.231. The summed E-state index contributed by atoms with van der Waals surface area (Å²) in [6.45, 7) is 0.412. The number of nitrogens with zero attached hydrogens (tertiary/aromatic N) is 1. The van der Waals surface area contributed by atoms with Crippen LogP contribution in [0, 0.1) is 5.82 Å². The van der Waals surface area contributed by atoms with Gasteiger partial charge in [0.25, 0.3) is 5.91 Å². The fourth-order valence-electron chi connectivity index (χ4n) is 1.54. The molecule has 2 rings (SSSR count). The number of rotatable bonds is 5. The molecule has 118 valence electrons. The molecule has 0 aliphatic heterocycles. The number of halogens is 4.